The number of aryl methyl sites for hydroxylation is 2. The highest BCUT2D eigenvalue weighted by molar-refractivity contribution is 6.35. The molecule has 12 nitrogen and oxygen atoms in total. The Morgan fingerprint density at radius 3 is 2.28 bits per heavy atom. The first-order valence-corrected chi connectivity index (χ1v) is 16.0. The fourth-order valence-electron chi connectivity index (χ4n) is 6.22. The molecule has 4 aromatic rings. The lowest BCUT2D eigenvalue weighted by molar-refractivity contribution is 0.0469. The van der Waals surface area contributed by atoms with Crippen molar-refractivity contribution in [1.82, 2.24) is 28.6 Å². The Kier molecular flexibility index (Phi) is 8.89. The van der Waals surface area contributed by atoms with Crippen LogP contribution >= 0.6 is 11.6 Å². The smallest absolute Gasteiger partial charge is 0.419 e. The normalized spacial score (nSPS) is 15.3. The van der Waals surface area contributed by atoms with Crippen LogP contribution in [0.4, 0.5) is 9.59 Å². The van der Waals surface area contributed by atoms with E-state index in [1.807, 2.05) is 0 Å². The zero-order chi connectivity index (χ0) is 33.7. The van der Waals surface area contributed by atoms with E-state index in [4.69, 9.17) is 26.1 Å². The molecule has 0 bridgehead atoms. The standard InChI is InChI=1S/C33H43ClN6O6/c1-32(2,3)45-29(42)35-24(19-13-10-9-11-14-19)26-36-27-25(37(26)7)28(41)39(30(43)38(27)8)18-20-17-21-22(34)15-12-16-23(21)40(20)31(44)46-33(4,5)6/h12,15-17,19,24H,9-11,13-14,18H2,1-8H3,(H,35,42). The van der Waals surface area contributed by atoms with Crippen LogP contribution in [0.25, 0.3) is 22.1 Å². The fraction of sp³-hybridized carbons (Fsp3) is 0.545. The van der Waals surface area contributed by atoms with Gasteiger partial charge in [0.25, 0.3) is 5.56 Å². The number of fused-ring (bicyclic) bond motifs is 2. The first kappa shape index (κ1) is 33.3. The van der Waals surface area contributed by atoms with E-state index in [0.29, 0.717) is 27.4 Å². The van der Waals surface area contributed by atoms with Gasteiger partial charge in [-0.25, -0.2) is 23.9 Å². The molecule has 1 fully saturated rings. The largest absolute Gasteiger partial charge is 0.444 e. The predicted octanol–water partition coefficient (Wildman–Crippen LogP) is 6.02. The molecule has 13 heteroatoms. The van der Waals surface area contributed by atoms with E-state index in [1.54, 1.807) is 84.5 Å². The van der Waals surface area contributed by atoms with Gasteiger partial charge in [-0.1, -0.05) is 36.9 Å². The van der Waals surface area contributed by atoms with Gasteiger partial charge in [-0.05, 0) is 78.5 Å². The second-order valence-electron chi connectivity index (χ2n) is 14.1. The maximum absolute atomic E-state index is 14.2. The molecule has 0 saturated heterocycles. The van der Waals surface area contributed by atoms with Gasteiger partial charge in [-0.3, -0.25) is 13.9 Å². The number of nitrogens with zero attached hydrogens (tertiary/aromatic N) is 5. The summed E-state index contributed by atoms with van der Waals surface area (Å²) in [6.07, 6.45) is 3.68. The minimum absolute atomic E-state index is 0.0744. The molecule has 3 aromatic heterocycles. The van der Waals surface area contributed by atoms with Crippen molar-refractivity contribution in [2.45, 2.75) is 97.4 Å². The van der Waals surface area contributed by atoms with E-state index in [-0.39, 0.29) is 23.6 Å². The lowest BCUT2D eigenvalue weighted by atomic mass is 9.83. The molecule has 0 spiro atoms. The van der Waals surface area contributed by atoms with Crippen molar-refractivity contribution in [3.8, 4) is 0 Å². The quantitative estimate of drug-likeness (QED) is 0.278. The van der Waals surface area contributed by atoms with E-state index in [9.17, 15) is 19.2 Å². The van der Waals surface area contributed by atoms with Gasteiger partial charge in [0.2, 0.25) is 0 Å². The number of hydrogen-bond acceptors (Lipinski definition) is 7. The Morgan fingerprint density at radius 2 is 1.65 bits per heavy atom. The summed E-state index contributed by atoms with van der Waals surface area (Å²) in [5.41, 5.74) is -1.43. The van der Waals surface area contributed by atoms with Crippen molar-refractivity contribution in [2.24, 2.45) is 20.0 Å². The van der Waals surface area contributed by atoms with Crippen LogP contribution in [0.1, 0.15) is 91.2 Å². The highest BCUT2D eigenvalue weighted by Crippen LogP contribution is 2.35. The first-order chi connectivity index (χ1) is 21.5. The predicted molar refractivity (Wildman–Crippen MR) is 177 cm³/mol. The first-order valence-electron chi connectivity index (χ1n) is 15.6. The van der Waals surface area contributed by atoms with Crippen LogP contribution in [-0.2, 0) is 30.1 Å². The molecule has 0 aliphatic heterocycles. The van der Waals surface area contributed by atoms with Crippen LogP contribution in [0.3, 0.4) is 0 Å². The molecule has 1 unspecified atom stereocenters. The number of benzene rings is 1. The number of amides is 1. The number of alkyl carbamates (subject to hydrolysis) is 1. The zero-order valence-electron chi connectivity index (χ0n) is 27.8. The van der Waals surface area contributed by atoms with Crippen LogP contribution in [0, 0.1) is 5.92 Å². The summed E-state index contributed by atoms with van der Waals surface area (Å²) < 4.78 is 16.7. The van der Waals surface area contributed by atoms with Crippen molar-refractivity contribution >= 4 is 45.9 Å². The lowest BCUT2D eigenvalue weighted by Gasteiger charge is -2.31. The van der Waals surface area contributed by atoms with Crippen LogP contribution in [-0.4, -0.2) is 46.6 Å². The SMILES string of the molecule is Cn1c(C(NC(=O)OC(C)(C)C)C2CCCCC2)nc2c1c(=O)n(Cc1cc3c(Cl)cccc3n1C(=O)OC(C)(C)C)c(=O)n2C. The van der Waals surface area contributed by atoms with Gasteiger partial charge in [-0.15, -0.1) is 0 Å². The topological polar surface area (TPSA) is 131 Å². The molecule has 0 radical (unpaired) electrons. The van der Waals surface area contributed by atoms with Crippen molar-refractivity contribution in [3.05, 3.63) is 61.6 Å². The number of nitrogens with one attached hydrogen (secondary N) is 1. The van der Waals surface area contributed by atoms with Gasteiger partial charge in [0.15, 0.2) is 11.2 Å². The molecule has 1 N–H and O–H groups in total. The van der Waals surface area contributed by atoms with Gasteiger partial charge < -0.3 is 19.4 Å². The Bertz CT molecular complexity index is 1930. The molecule has 1 aliphatic carbocycles. The molecule has 46 heavy (non-hydrogen) atoms. The number of carbonyl (C=O) groups is 2. The van der Waals surface area contributed by atoms with Crippen LogP contribution < -0.4 is 16.6 Å². The third kappa shape index (κ3) is 6.58. The van der Waals surface area contributed by atoms with Crippen LogP contribution in [0.15, 0.2) is 33.9 Å². The number of carbonyl (C=O) groups excluding carboxylic acids is 2. The number of ether oxygens (including phenoxy) is 2. The van der Waals surface area contributed by atoms with Gasteiger partial charge in [0.1, 0.15) is 17.0 Å². The van der Waals surface area contributed by atoms with Gasteiger partial charge in [0.05, 0.1) is 23.8 Å². The lowest BCUT2D eigenvalue weighted by Crippen LogP contribution is -2.40. The third-order valence-electron chi connectivity index (χ3n) is 8.23. The molecular weight excluding hydrogens is 612 g/mol. The molecule has 1 saturated carbocycles. The number of hydrogen-bond donors (Lipinski definition) is 1. The zero-order valence-corrected chi connectivity index (χ0v) is 28.5. The average molecular weight is 655 g/mol. The van der Waals surface area contributed by atoms with Gasteiger partial charge >= 0.3 is 17.9 Å². The Balaban J connectivity index is 1.64. The average Bonchev–Trinajstić information content (AvgIpc) is 3.50. The summed E-state index contributed by atoms with van der Waals surface area (Å²) in [6.45, 7) is 10.4. The number of imidazole rings is 1. The van der Waals surface area contributed by atoms with E-state index in [0.717, 1.165) is 36.7 Å². The summed E-state index contributed by atoms with van der Waals surface area (Å²) in [6, 6.07) is 6.31. The fourth-order valence-corrected chi connectivity index (χ4v) is 6.45. The minimum Gasteiger partial charge on any atom is -0.444 e. The monoisotopic (exact) mass is 654 g/mol. The van der Waals surface area contributed by atoms with Crippen molar-refractivity contribution in [1.29, 1.82) is 0 Å². The maximum atomic E-state index is 14.2. The molecule has 1 aliphatic rings. The van der Waals surface area contributed by atoms with Crippen molar-refractivity contribution in [2.75, 3.05) is 0 Å². The second kappa shape index (κ2) is 12.3. The number of aromatic nitrogens is 5. The molecule has 1 aromatic carbocycles. The summed E-state index contributed by atoms with van der Waals surface area (Å²) in [5.74, 6) is 0.539. The Morgan fingerprint density at radius 1 is 1.00 bits per heavy atom. The van der Waals surface area contributed by atoms with Crippen molar-refractivity contribution in [3.63, 3.8) is 0 Å². The molecular formula is C33H43ClN6O6. The van der Waals surface area contributed by atoms with Crippen molar-refractivity contribution < 1.29 is 19.1 Å². The molecule has 3 heterocycles. The second-order valence-corrected chi connectivity index (χ2v) is 14.5. The maximum Gasteiger partial charge on any atom is 0.419 e. The van der Waals surface area contributed by atoms with E-state index in [1.165, 1.54) is 9.13 Å². The van der Waals surface area contributed by atoms with Gasteiger partial charge in [0, 0.05) is 24.5 Å². The third-order valence-corrected chi connectivity index (χ3v) is 8.56. The van der Waals surface area contributed by atoms with E-state index >= 15 is 0 Å². The van der Waals surface area contributed by atoms with Crippen LogP contribution in [0.5, 0.6) is 0 Å². The minimum atomic E-state index is -0.789. The Labute approximate surface area is 272 Å². The summed E-state index contributed by atoms with van der Waals surface area (Å²) in [5, 5.41) is 4.02. The number of halogens is 1. The Hall–Kier alpha value is -4.06. The number of rotatable bonds is 5. The van der Waals surface area contributed by atoms with E-state index < -0.39 is 40.7 Å². The van der Waals surface area contributed by atoms with Gasteiger partial charge in [-0.2, -0.15) is 0 Å². The summed E-state index contributed by atoms with van der Waals surface area (Å²) >= 11 is 6.49. The highest BCUT2D eigenvalue weighted by atomic mass is 35.5. The summed E-state index contributed by atoms with van der Waals surface area (Å²) in [4.78, 5) is 59.1. The van der Waals surface area contributed by atoms with Crippen LogP contribution in [0.2, 0.25) is 5.02 Å². The summed E-state index contributed by atoms with van der Waals surface area (Å²) in [7, 11) is 3.26. The molecule has 1 amide bonds. The molecule has 5 rings (SSSR count). The molecule has 1 atom stereocenters. The highest BCUT2D eigenvalue weighted by Gasteiger charge is 2.33. The molecule has 248 valence electrons. The van der Waals surface area contributed by atoms with E-state index in [2.05, 4.69) is 5.32 Å².